The molecule has 0 bridgehead atoms. The lowest BCUT2D eigenvalue weighted by atomic mass is 9.80. The second-order valence-corrected chi connectivity index (χ2v) is 6.56. The molecule has 2 fully saturated rings. The van der Waals surface area contributed by atoms with Crippen LogP contribution in [0.3, 0.4) is 0 Å². The van der Waals surface area contributed by atoms with E-state index in [2.05, 4.69) is 24.2 Å². The first-order valence-corrected chi connectivity index (χ1v) is 7.73. The number of hydrogen-bond acceptors (Lipinski definition) is 1. The van der Waals surface area contributed by atoms with Gasteiger partial charge >= 0.3 is 0 Å². The molecular formula is C15H29N3. The largest absolute Gasteiger partial charge is 0.370 e. The van der Waals surface area contributed by atoms with Crippen molar-refractivity contribution in [2.45, 2.75) is 77.3 Å². The highest BCUT2D eigenvalue weighted by molar-refractivity contribution is 5.78. The number of nitrogens with one attached hydrogen (secondary N) is 1. The highest BCUT2D eigenvalue weighted by Crippen LogP contribution is 2.28. The zero-order chi connectivity index (χ0) is 13.0. The molecule has 0 radical (unpaired) electrons. The van der Waals surface area contributed by atoms with Crippen molar-refractivity contribution in [2.75, 3.05) is 0 Å². The molecule has 3 N–H and O–H groups in total. The first-order valence-electron chi connectivity index (χ1n) is 7.73. The topological polar surface area (TPSA) is 50.4 Å². The summed E-state index contributed by atoms with van der Waals surface area (Å²) in [5.41, 5.74) is 6.07. The lowest BCUT2D eigenvalue weighted by Crippen LogP contribution is -2.44. The Hall–Kier alpha value is -0.730. The Kier molecular flexibility index (Phi) is 4.90. The summed E-state index contributed by atoms with van der Waals surface area (Å²) >= 11 is 0. The van der Waals surface area contributed by atoms with Crippen molar-refractivity contribution in [2.24, 2.45) is 22.6 Å². The normalized spacial score (nSPS) is 35.4. The molecular weight excluding hydrogens is 222 g/mol. The van der Waals surface area contributed by atoms with Gasteiger partial charge in [-0.15, -0.1) is 0 Å². The smallest absolute Gasteiger partial charge is 0.189 e. The number of nitrogens with two attached hydrogens (primary N) is 1. The van der Waals surface area contributed by atoms with Gasteiger partial charge in [0.2, 0.25) is 0 Å². The monoisotopic (exact) mass is 251 g/mol. The van der Waals surface area contributed by atoms with Gasteiger partial charge in [-0.3, -0.25) is 4.99 Å². The fourth-order valence-corrected chi connectivity index (χ4v) is 3.72. The minimum atomic E-state index is 0.477. The van der Waals surface area contributed by atoms with Crippen LogP contribution in [0.5, 0.6) is 0 Å². The van der Waals surface area contributed by atoms with Gasteiger partial charge in [0.1, 0.15) is 0 Å². The van der Waals surface area contributed by atoms with E-state index in [0.29, 0.717) is 18.0 Å². The van der Waals surface area contributed by atoms with Crippen LogP contribution in [0.25, 0.3) is 0 Å². The molecule has 0 aromatic heterocycles. The highest BCUT2D eigenvalue weighted by atomic mass is 15.1. The lowest BCUT2D eigenvalue weighted by Gasteiger charge is -2.32. The van der Waals surface area contributed by atoms with Crippen LogP contribution >= 0.6 is 0 Å². The Morgan fingerprint density at radius 3 is 2.22 bits per heavy atom. The Labute approximate surface area is 112 Å². The molecule has 18 heavy (non-hydrogen) atoms. The summed E-state index contributed by atoms with van der Waals surface area (Å²) in [6.07, 6.45) is 10.3. The van der Waals surface area contributed by atoms with E-state index in [1.807, 2.05) is 0 Å². The summed E-state index contributed by atoms with van der Waals surface area (Å²) < 4.78 is 0. The Morgan fingerprint density at radius 2 is 1.61 bits per heavy atom. The third-order valence-corrected chi connectivity index (χ3v) is 4.43. The van der Waals surface area contributed by atoms with Crippen LogP contribution in [0.15, 0.2) is 4.99 Å². The van der Waals surface area contributed by atoms with Gasteiger partial charge in [-0.2, -0.15) is 0 Å². The summed E-state index contributed by atoms with van der Waals surface area (Å²) in [5, 5.41) is 3.45. The third-order valence-electron chi connectivity index (χ3n) is 4.43. The van der Waals surface area contributed by atoms with Crippen LogP contribution < -0.4 is 11.1 Å². The van der Waals surface area contributed by atoms with Crippen molar-refractivity contribution in [3.63, 3.8) is 0 Å². The van der Waals surface area contributed by atoms with E-state index < -0.39 is 0 Å². The average molecular weight is 251 g/mol. The predicted molar refractivity (Wildman–Crippen MR) is 77.6 cm³/mol. The predicted octanol–water partition coefficient (Wildman–Crippen LogP) is 3.05. The van der Waals surface area contributed by atoms with Gasteiger partial charge in [-0.1, -0.05) is 33.1 Å². The Bertz CT molecular complexity index is 271. The van der Waals surface area contributed by atoms with Gasteiger partial charge in [0, 0.05) is 6.04 Å². The Morgan fingerprint density at radius 1 is 1.00 bits per heavy atom. The van der Waals surface area contributed by atoms with Crippen LogP contribution in [-0.2, 0) is 0 Å². The molecule has 0 spiro atoms. The number of aliphatic imine (C=N–C) groups is 1. The number of nitrogens with zero attached hydrogens (tertiary/aromatic N) is 1. The molecule has 2 aliphatic carbocycles. The first-order chi connectivity index (χ1) is 8.63. The maximum Gasteiger partial charge on any atom is 0.189 e. The second kappa shape index (κ2) is 6.44. The molecule has 2 aliphatic rings. The fraction of sp³-hybridized carbons (Fsp3) is 0.933. The van der Waals surface area contributed by atoms with E-state index in [4.69, 9.17) is 5.73 Å². The first kappa shape index (κ1) is 13.7. The third kappa shape index (κ3) is 4.18. The van der Waals surface area contributed by atoms with Gasteiger partial charge in [0.05, 0.1) is 6.04 Å². The van der Waals surface area contributed by atoms with Gasteiger partial charge in [0.15, 0.2) is 5.96 Å². The van der Waals surface area contributed by atoms with Crippen LogP contribution in [-0.4, -0.2) is 18.0 Å². The zero-order valence-electron chi connectivity index (χ0n) is 12.0. The molecule has 2 saturated carbocycles. The van der Waals surface area contributed by atoms with Crippen molar-refractivity contribution >= 4 is 5.96 Å². The number of rotatable bonds is 2. The summed E-state index contributed by atoms with van der Waals surface area (Å²) in [5.74, 6) is 2.32. The average Bonchev–Trinajstić information content (AvgIpc) is 2.28. The van der Waals surface area contributed by atoms with E-state index in [-0.39, 0.29) is 0 Å². The summed E-state index contributed by atoms with van der Waals surface area (Å²) in [6, 6.07) is 1.01. The van der Waals surface area contributed by atoms with E-state index in [9.17, 15) is 0 Å². The molecule has 0 aromatic carbocycles. The van der Waals surface area contributed by atoms with E-state index in [1.165, 1.54) is 51.4 Å². The van der Waals surface area contributed by atoms with Crippen LogP contribution in [0.1, 0.15) is 65.2 Å². The van der Waals surface area contributed by atoms with Crippen molar-refractivity contribution in [3.05, 3.63) is 0 Å². The number of hydrogen-bond donors (Lipinski definition) is 2. The minimum Gasteiger partial charge on any atom is -0.370 e. The molecule has 0 saturated heterocycles. The summed E-state index contributed by atoms with van der Waals surface area (Å²) in [6.45, 7) is 4.69. The SMILES string of the molecule is CC1CC(C)CC(NC(N)=NC2CCCCC2)C1. The molecule has 2 unspecified atom stereocenters. The van der Waals surface area contributed by atoms with Gasteiger partial charge < -0.3 is 11.1 Å². The van der Waals surface area contributed by atoms with Crippen LogP contribution in [0.4, 0.5) is 0 Å². The molecule has 104 valence electrons. The van der Waals surface area contributed by atoms with E-state index in [0.717, 1.165) is 11.8 Å². The highest BCUT2D eigenvalue weighted by Gasteiger charge is 2.24. The summed E-state index contributed by atoms with van der Waals surface area (Å²) in [4.78, 5) is 4.66. The van der Waals surface area contributed by atoms with E-state index in [1.54, 1.807) is 0 Å². The Balaban J connectivity index is 1.82. The molecule has 3 heteroatoms. The zero-order valence-corrected chi connectivity index (χ0v) is 12.0. The molecule has 0 aromatic rings. The van der Waals surface area contributed by atoms with Crippen LogP contribution in [0, 0.1) is 11.8 Å². The fourth-order valence-electron chi connectivity index (χ4n) is 3.72. The molecule has 2 atom stereocenters. The number of guanidine groups is 1. The van der Waals surface area contributed by atoms with E-state index >= 15 is 0 Å². The maximum absolute atomic E-state index is 6.07. The quantitative estimate of drug-likeness (QED) is 0.585. The second-order valence-electron chi connectivity index (χ2n) is 6.56. The maximum atomic E-state index is 6.07. The van der Waals surface area contributed by atoms with Crippen molar-refractivity contribution < 1.29 is 0 Å². The summed E-state index contributed by atoms with van der Waals surface area (Å²) in [7, 11) is 0. The van der Waals surface area contributed by atoms with Crippen LogP contribution in [0.2, 0.25) is 0 Å². The molecule has 0 aliphatic heterocycles. The van der Waals surface area contributed by atoms with Crippen molar-refractivity contribution in [3.8, 4) is 0 Å². The van der Waals surface area contributed by atoms with Crippen molar-refractivity contribution in [1.82, 2.24) is 5.32 Å². The van der Waals surface area contributed by atoms with Gasteiger partial charge in [-0.05, 0) is 43.9 Å². The van der Waals surface area contributed by atoms with Crippen molar-refractivity contribution in [1.29, 1.82) is 0 Å². The van der Waals surface area contributed by atoms with Gasteiger partial charge in [-0.25, -0.2) is 0 Å². The molecule has 0 heterocycles. The molecule has 2 rings (SSSR count). The molecule has 0 amide bonds. The molecule has 3 nitrogen and oxygen atoms in total. The van der Waals surface area contributed by atoms with Gasteiger partial charge in [0.25, 0.3) is 0 Å². The standard InChI is InChI=1S/C15H29N3/c1-11-8-12(2)10-14(9-11)18-15(16)17-13-6-4-3-5-7-13/h11-14H,3-10H2,1-2H3,(H3,16,17,18). The lowest BCUT2D eigenvalue weighted by molar-refractivity contribution is 0.255. The minimum absolute atomic E-state index is 0.477.